The lowest BCUT2D eigenvalue weighted by molar-refractivity contribution is -0.147. The molecule has 3 atom stereocenters. The van der Waals surface area contributed by atoms with E-state index in [1.165, 1.54) is 4.90 Å². The van der Waals surface area contributed by atoms with Gasteiger partial charge in [-0.25, -0.2) is 9.37 Å². The standard InChI is InChI=1S/C30H40FN3O4S/c1-17(2)22-11-19(26-18(3)33-16-39-26)7-8-20(22)14-32-27(37)24-12-21(35)15-34(24)28(38)23(29(4,5)6)13-25(36)30(31)9-10-30/h7-8,11,16-17,21,23-24,35H,9-10,12-15H2,1-6H3,(H,32,37)/t21-,23?,24+/m1/s1. The van der Waals surface area contributed by atoms with Crippen LogP contribution in [0, 0.1) is 18.3 Å². The Morgan fingerprint density at radius 1 is 1.26 bits per heavy atom. The number of carbonyl (C=O) groups excluding carboxylic acids is 3. The summed E-state index contributed by atoms with van der Waals surface area (Å²) >= 11 is 1.60. The van der Waals surface area contributed by atoms with Crippen LogP contribution in [-0.4, -0.2) is 56.9 Å². The second kappa shape index (κ2) is 11.1. The van der Waals surface area contributed by atoms with E-state index in [-0.39, 0.29) is 56.5 Å². The lowest BCUT2D eigenvalue weighted by Gasteiger charge is -2.35. The number of carbonyl (C=O) groups is 3. The minimum Gasteiger partial charge on any atom is -0.391 e. The third kappa shape index (κ3) is 6.40. The van der Waals surface area contributed by atoms with E-state index in [1.54, 1.807) is 11.3 Å². The van der Waals surface area contributed by atoms with Gasteiger partial charge < -0.3 is 15.3 Å². The number of Topliss-reactive ketones (excluding diaryl/α,β-unsaturated/α-hetero) is 1. The molecule has 0 bridgehead atoms. The third-order valence-corrected chi connectivity index (χ3v) is 8.99. The normalized spacial score (nSPS) is 21.2. The topological polar surface area (TPSA) is 99.6 Å². The van der Waals surface area contributed by atoms with Crippen LogP contribution in [0.1, 0.15) is 83.0 Å². The molecular weight excluding hydrogens is 517 g/mol. The Balaban J connectivity index is 1.49. The van der Waals surface area contributed by atoms with E-state index in [0.717, 1.165) is 27.3 Å². The van der Waals surface area contributed by atoms with Crippen LogP contribution in [0.15, 0.2) is 23.7 Å². The Hall–Kier alpha value is -2.65. The van der Waals surface area contributed by atoms with E-state index in [1.807, 2.05) is 45.3 Å². The maximum atomic E-state index is 14.4. The summed E-state index contributed by atoms with van der Waals surface area (Å²) in [6.07, 6.45) is -0.523. The van der Waals surface area contributed by atoms with Crippen LogP contribution >= 0.6 is 11.3 Å². The van der Waals surface area contributed by atoms with Crippen LogP contribution in [0.4, 0.5) is 4.39 Å². The number of halogens is 1. The largest absolute Gasteiger partial charge is 0.391 e. The number of alkyl halides is 1. The van der Waals surface area contributed by atoms with Gasteiger partial charge in [0.25, 0.3) is 0 Å². The number of rotatable bonds is 9. The average Bonchev–Trinajstić information content (AvgIpc) is 3.28. The van der Waals surface area contributed by atoms with Gasteiger partial charge >= 0.3 is 0 Å². The monoisotopic (exact) mass is 557 g/mol. The number of thiazole rings is 1. The number of amides is 2. The molecule has 2 amide bonds. The summed E-state index contributed by atoms with van der Waals surface area (Å²) in [6.45, 7) is 12.0. The van der Waals surface area contributed by atoms with Crippen LogP contribution < -0.4 is 5.32 Å². The quantitative estimate of drug-likeness (QED) is 0.455. The molecule has 1 aromatic heterocycles. The number of hydrogen-bond acceptors (Lipinski definition) is 6. The van der Waals surface area contributed by atoms with Crippen LogP contribution in [-0.2, 0) is 20.9 Å². The van der Waals surface area contributed by atoms with Crippen molar-refractivity contribution in [3.63, 3.8) is 0 Å². The molecule has 9 heteroatoms. The van der Waals surface area contributed by atoms with Crippen molar-refractivity contribution < 1.29 is 23.9 Å². The minimum absolute atomic E-state index is 0.0125. The molecule has 7 nitrogen and oxygen atoms in total. The van der Waals surface area contributed by atoms with Crippen molar-refractivity contribution in [3.8, 4) is 10.4 Å². The van der Waals surface area contributed by atoms with Crippen LogP contribution in [0.5, 0.6) is 0 Å². The maximum Gasteiger partial charge on any atom is 0.243 e. The molecular formula is C30H40FN3O4S. The van der Waals surface area contributed by atoms with Gasteiger partial charge in [0.2, 0.25) is 11.8 Å². The summed E-state index contributed by atoms with van der Waals surface area (Å²) in [6, 6.07) is 5.34. The molecule has 1 unspecified atom stereocenters. The molecule has 1 aliphatic carbocycles. The number of aryl methyl sites for hydroxylation is 1. The second-order valence-electron chi connectivity index (χ2n) is 12.5. The number of aliphatic hydroxyl groups excluding tert-OH is 1. The molecule has 212 valence electrons. The fourth-order valence-corrected chi connectivity index (χ4v) is 6.14. The van der Waals surface area contributed by atoms with Crippen molar-refractivity contribution >= 4 is 28.9 Å². The van der Waals surface area contributed by atoms with Crippen LogP contribution in [0.2, 0.25) is 0 Å². The van der Waals surface area contributed by atoms with E-state index in [4.69, 9.17) is 0 Å². The molecule has 4 rings (SSSR count). The molecule has 2 aliphatic rings. The summed E-state index contributed by atoms with van der Waals surface area (Å²) < 4.78 is 14.4. The van der Waals surface area contributed by atoms with Crippen molar-refractivity contribution in [2.45, 2.75) is 97.5 Å². The molecule has 2 fully saturated rings. The number of hydrogen-bond donors (Lipinski definition) is 2. The van der Waals surface area contributed by atoms with E-state index in [2.05, 4.69) is 30.2 Å². The number of aliphatic hydroxyl groups is 1. The van der Waals surface area contributed by atoms with Crippen molar-refractivity contribution in [1.29, 1.82) is 0 Å². The van der Waals surface area contributed by atoms with E-state index in [0.29, 0.717) is 0 Å². The van der Waals surface area contributed by atoms with Crippen molar-refractivity contribution in [3.05, 3.63) is 40.5 Å². The number of likely N-dealkylation sites (tertiary alicyclic amines) is 1. The summed E-state index contributed by atoms with van der Waals surface area (Å²) in [5.74, 6) is -1.83. The SMILES string of the molecule is Cc1ncsc1-c1ccc(CNC(=O)[C@@H]2C[C@@H](O)CN2C(=O)C(CC(=O)C2(F)CC2)C(C)(C)C)c(C(C)C)c1. The average molecular weight is 558 g/mol. The van der Waals surface area contributed by atoms with Gasteiger partial charge in [0, 0.05) is 31.8 Å². The number of nitrogens with one attached hydrogen (secondary N) is 1. The van der Waals surface area contributed by atoms with E-state index < -0.39 is 34.9 Å². The second-order valence-corrected chi connectivity index (χ2v) is 13.3. The molecule has 1 saturated carbocycles. The Morgan fingerprint density at radius 2 is 1.95 bits per heavy atom. The van der Waals surface area contributed by atoms with Gasteiger partial charge in [0.05, 0.1) is 22.2 Å². The highest BCUT2D eigenvalue weighted by Crippen LogP contribution is 2.44. The Bertz CT molecular complexity index is 1250. The Morgan fingerprint density at radius 3 is 2.51 bits per heavy atom. The van der Waals surface area contributed by atoms with Crippen LogP contribution in [0.3, 0.4) is 0 Å². The first-order chi connectivity index (χ1) is 18.2. The maximum absolute atomic E-state index is 14.4. The Kier molecular flexibility index (Phi) is 8.34. The molecule has 1 aromatic carbocycles. The first-order valence-electron chi connectivity index (χ1n) is 13.7. The number of ketones is 1. The van der Waals surface area contributed by atoms with Gasteiger partial charge in [-0.15, -0.1) is 11.3 Å². The zero-order chi connectivity index (χ0) is 28.7. The predicted octanol–water partition coefficient (Wildman–Crippen LogP) is 4.94. The number of β-amino-alcohol motifs (C(OH)–C–C–N with tert-alkyl or cyclic N) is 1. The lowest BCUT2D eigenvalue weighted by atomic mass is 9.76. The predicted molar refractivity (Wildman–Crippen MR) is 150 cm³/mol. The highest BCUT2D eigenvalue weighted by molar-refractivity contribution is 7.13. The molecule has 1 aliphatic heterocycles. The summed E-state index contributed by atoms with van der Waals surface area (Å²) in [5.41, 5.74) is 3.58. The van der Waals surface area contributed by atoms with Crippen LogP contribution in [0.25, 0.3) is 10.4 Å². The van der Waals surface area contributed by atoms with Gasteiger partial charge in [-0.1, -0.05) is 46.8 Å². The summed E-state index contributed by atoms with van der Waals surface area (Å²) in [5, 5.41) is 13.4. The number of nitrogens with zero attached hydrogens (tertiary/aromatic N) is 2. The van der Waals surface area contributed by atoms with Crippen molar-refractivity contribution in [2.75, 3.05) is 6.54 Å². The molecule has 2 aromatic rings. The number of benzene rings is 1. The third-order valence-electron chi connectivity index (χ3n) is 8.02. The fraction of sp³-hybridized carbons (Fsp3) is 0.600. The van der Waals surface area contributed by atoms with Gasteiger partial charge in [-0.05, 0) is 53.9 Å². The first-order valence-corrected chi connectivity index (χ1v) is 14.6. The summed E-state index contributed by atoms with van der Waals surface area (Å²) in [7, 11) is 0. The minimum atomic E-state index is -1.81. The lowest BCUT2D eigenvalue weighted by Crippen LogP contribution is -2.50. The molecule has 0 radical (unpaired) electrons. The van der Waals surface area contributed by atoms with Gasteiger partial charge in [0.1, 0.15) is 6.04 Å². The molecule has 39 heavy (non-hydrogen) atoms. The summed E-state index contributed by atoms with van der Waals surface area (Å²) in [4.78, 5) is 46.5. The highest BCUT2D eigenvalue weighted by atomic mass is 32.1. The smallest absolute Gasteiger partial charge is 0.243 e. The van der Waals surface area contributed by atoms with Gasteiger partial charge in [-0.2, -0.15) is 0 Å². The van der Waals surface area contributed by atoms with Gasteiger partial charge in [-0.3, -0.25) is 14.4 Å². The van der Waals surface area contributed by atoms with Crippen molar-refractivity contribution in [1.82, 2.24) is 15.2 Å². The molecule has 1 saturated heterocycles. The fourth-order valence-electron chi connectivity index (χ4n) is 5.34. The zero-order valence-corrected chi connectivity index (χ0v) is 24.5. The number of aromatic nitrogens is 1. The highest BCUT2D eigenvalue weighted by Gasteiger charge is 2.53. The molecule has 2 heterocycles. The van der Waals surface area contributed by atoms with Gasteiger partial charge in [0.15, 0.2) is 11.5 Å². The van der Waals surface area contributed by atoms with E-state index >= 15 is 0 Å². The van der Waals surface area contributed by atoms with E-state index in [9.17, 15) is 23.9 Å². The Labute approximate surface area is 234 Å². The molecule has 2 N–H and O–H groups in total. The molecule has 0 spiro atoms. The van der Waals surface area contributed by atoms with Crippen molar-refractivity contribution in [2.24, 2.45) is 11.3 Å². The zero-order valence-electron chi connectivity index (χ0n) is 23.7. The first kappa shape index (κ1) is 29.3.